The van der Waals surface area contributed by atoms with Gasteiger partial charge in [0.1, 0.15) is 0 Å². The minimum absolute atomic E-state index is 0.0587. The zero-order valence-electron chi connectivity index (χ0n) is 9.78. The van der Waals surface area contributed by atoms with Crippen molar-refractivity contribution in [2.45, 2.75) is 46.8 Å². The molecule has 4 heteroatoms. The molecule has 0 saturated carbocycles. The van der Waals surface area contributed by atoms with Crippen LogP contribution >= 0.6 is 0 Å². The minimum atomic E-state index is -0.195. The summed E-state index contributed by atoms with van der Waals surface area (Å²) in [5, 5.41) is 4.27. The summed E-state index contributed by atoms with van der Waals surface area (Å²) in [5.74, 6) is -0.195. The van der Waals surface area contributed by atoms with Crippen molar-refractivity contribution in [3.8, 4) is 0 Å². The van der Waals surface area contributed by atoms with Crippen LogP contribution in [0.4, 0.5) is 0 Å². The highest BCUT2D eigenvalue weighted by Gasteiger charge is 2.11. The summed E-state index contributed by atoms with van der Waals surface area (Å²) < 4.78 is 6.91. The number of carbonyl (C=O) groups is 1. The van der Waals surface area contributed by atoms with Gasteiger partial charge >= 0.3 is 5.97 Å². The van der Waals surface area contributed by atoms with Crippen LogP contribution in [0.2, 0.25) is 0 Å². The Morgan fingerprint density at radius 3 is 2.80 bits per heavy atom. The van der Waals surface area contributed by atoms with Crippen LogP contribution in [0, 0.1) is 6.92 Å². The lowest BCUT2D eigenvalue weighted by Gasteiger charge is -2.08. The van der Waals surface area contributed by atoms with E-state index in [-0.39, 0.29) is 12.1 Å². The molecule has 0 aliphatic heterocycles. The smallest absolute Gasteiger partial charge is 0.312 e. The van der Waals surface area contributed by atoms with Gasteiger partial charge in [-0.2, -0.15) is 5.10 Å². The number of hydrogen-bond donors (Lipinski definition) is 0. The summed E-state index contributed by atoms with van der Waals surface area (Å²) in [5.41, 5.74) is 1.85. The molecule has 0 spiro atoms. The van der Waals surface area contributed by atoms with Crippen molar-refractivity contribution < 1.29 is 9.53 Å². The van der Waals surface area contributed by atoms with E-state index in [2.05, 4.69) is 5.10 Å². The quantitative estimate of drug-likeness (QED) is 0.710. The van der Waals surface area contributed by atoms with Crippen molar-refractivity contribution >= 4 is 5.97 Å². The third-order valence-electron chi connectivity index (χ3n) is 1.98. The largest absolute Gasteiger partial charge is 0.463 e. The van der Waals surface area contributed by atoms with Gasteiger partial charge in [-0.1, -0.05) is 0 Å². The molecule has 1 heterocycles. The second-order valence-electron chi connectivity index (χ2n) is 3.81. The van der Waals surface area contributed by atoms with E-state index in [9.17, 15) is 4.79 Å². The van der Waals surface area contributed by atoms with Gasteiger partial charge in [-0.15, -0.1) is 0 Å². The number of nitrogens with zero attached hydrogens (tertiary/aromatic N) is 2. The highest BCUT2D eigenvalue weighted by Crippen LogP contribution is 2.06. The Kier molecular flexibility index (Phi) is 3.88. The number of rotatable bonds is 4. The van der Waals surface area contributed by atoms with Crippen molar-refractivity contribution in [1.82, 2.24) is 9.78 Å². The highest BCUT2D eigenvalue weighted by molar-refractivity contribution is 5.72. The Morgan fingerprint density at radius 1 is 1.60 bits per heavy atom. The third-order valence-corrected chi connectivity index (χ3v) is 1.98. The number of hydrogen-bond acceptors (Lipinski definition) is 3. The molecule has 0 atom stereocenters. The van der Waals surface area contributed by atoms with Gasteiger partial charge in [-0.25, -0.2) is 0 Å². The summed E-state index contributed by atoms with van der Waals surface area (Å²) in [6, 6.07) is 1.92. The normalized spacial score (nSPS) is 10.7. The number of esters is 1. The second kappa shape index (κ2) is 4.96. The fraction of sp³-hybridized carbons (Fsp3) is 0.636. The summed E-state index contributed by atoms with van der Waals surface area (Å²) in [6.07, 6.45) is 0.240. The van der Waals surface area contributed by atoms with Crippen molar-refractivity contribution in [2.24, 2.45) is 0 Å². The van der Waals surface area contributed by atoms with Crippen molar-refractivity contribution in [3.05, 3.63) is 17.5 Å². The lowest BCUT2D eigenvalue weighted by molar-refractivity contribution is -0.146. The average Bonchev–Trinajstić information content (AvgIpc) is 2.44. The molecule has 0 saturated heterocycles. The molecule has 0 N–H and O–H groups in total. The Labute approximate surface area is 90.2 Å². The van der Waals surface area contributed by atoms with Crippen molar-refractivity contribution in [2.75, 3.05) is 0 Å². The van der Waals surface area contributed by atoms with Gasteiger partial charge < -0.3 is 4.74 Å². The first-order valence-electron chi connectivity index (χ1n) is 5.25. The number of aromatic nitrogens is 2. The van der Waals surface area contributed by atoms with E-state index in [4.69, 9.17) is 4.74 Å². The summed E-state index contributed by atoms with van der Waals surface area (Å²) in [7, 11) is 0. The lowest BCUT2D eigenvalue weighted by atomic mass is 10.3. The van der Waals surface area contributed by atoms with Gasteiger partial charge in [-0.05, 0) is 33.8 Å². The van der Waals surface area contributed by atoms with E-state index in [1.54, 1.807) is 0 Å². The molecule has 0 aliphatic carbocycles. The van der Waals surface area contributed by atoms with E-state index in [1.807, 2.05) is 38.4 Å². The highest BCUT2D eigenvalue weighted by atomic mass is 16.5. The van der Waals surface area contributed by atoms with Gasteiger partial charge in [0.25, 0.3) is 0 Å². The number of aryl methyl sites for hydroxylation is 2. The second-order valence-corrected chi connectivity index (χ2v) is 3.81. The topological polar surface area (TPSA) is 44.1 Å². The number of ether oxygens (including phenoxy) is 1. The molecule has 1 aromatic heterocycles. The Balaban J connectivity index is 2.67. The molecular formula is C11H18N2O2. The third kappa shape index (κ3) is 3.38. The first-order chi connectivity index (χ1) is 7.02. The Bertz CT molecular complexity index is 342. The Hall–Kier alpha value is -1.32. The predicted molar refractivity (Wildman–Crippen MR) is 57.6 cm³/mol. The summed E-state index contributed by atoms with van der Waals surface area (Å²) in [6.45, 7) is 8.39. The molecule has 0 radical (unpaired) electrons. The minimum Gasteiger partial charge on any atom is -0.463 e. The maximum atomic E-state index is 11.4. The first kappa shape index (κ1) is 11.8. The van der Waals surface area contributed by atoms with Gasteiger partial charge in [0.15, 0.2) is 0 Å². The zero-order chi connectivity index (χ0) is 11.4. The van der Waals surface area contributed by atoms with Crippen LogP contribution in [0.15, 0.2) is 6.07 Å². The summed E-state index contributed by atoms with van der Waals surface area (Å²) in [4.78, 5) is 11.4. The monoisotopic (exact) mass is 210 g/mol. The van der Waals surface area contributed by atoms with Crippen LogP contribution in [0.3, 0.4) is 0 Å². The van der Waals surface area contributed by atoms with Gasteiger partial charge in [0.05, 0.1) is 18.2 Å². The Morgan fingerprint density at radius 2 is 2.27 bits per heavy atom. The molecule has 1 rings (SSSR count). The van der Waals surface area contributed by atoms with E-state index in [0.29, 0.717) is 6.42 Å². The molecule has 0 aromatic carbocycles. The average molecular weight is 210 g/mol. The molecule has 15 heavy (non-hydrogen) atoms. The molecule has 1 aromatic rings. The van der Waals surface area contributed by atoms with Crippen LogP contribution in [-0.2, 0) is 22.5 Å². The van der Waals surface area contributed by atoms with Gasteiger partial charge in [0, 0.05) is 12.2 Å². The molecule has 4 nitrogen and oxygen atoms in total. The maximum Gasteiger partial charge on any atom is 0.312 e. The molecule has 0 bridgehead atoms. The first-order valence-corrected chi connectivity index (χ1v) is 5.25. The fourth-order valence-electron chi connectivity index (χ4n) is 1.47. The van der Waals surface area contributed by atoms with Crippen LogP contribution in [0.1, 0.15) is 32.2 Å². The van der Waals surface area contributed by atoms with E-state index in [0.717, 1.165) is 17.9 Å². The predicted octanol–water partition coefficient (Wildman–Crippen LogP) is 1.71. The van der Waals surface area contributed by atoms with Crippen LogP contribution in [0.5, 0.6) is 0 Å². The molecular weight excluding hydrogens is 192 g/mol. The molecule has 0 aliphatic rings. The zero-order valence-corrected chi connectivity index (χ0v) is 9.78. The molecule has 84 valence electrons. The van der Waals surface area contributed by atoms with E-state index < -0.39 is 0 Å². The van der Waals surface area contributed by atoms with Gasteiger partial charge in [0.2, 0.25) is 0 Å². The van der Waals surface area contributed by atoms with Crippen LogP contribution in [0.25, 0.3) is 0 Å². The molecule has 0 fully saturated rings. The van der Waals surface area contributed by atoms with E-state index in [1.165, 1.54) is 0 Å². The van der Waals surface area contributed by atoms with E-state index >= 15 is 0 Å². The van der Waals surface area contributed by atoms with Crippen LogP contribution in [-0.4, -0.2) is 21.9 Å². The lowest BCUT2D eigenvalue weighted by Crippen LogP contribution is -2.16. The SMILES string of the molecule is CCn1nc(C)cc1CC(=O)OC(C)C. The maximum absolute atomic E-state index is 11.4. The fourth-order valence-corrected chi connectivity index (χ4v) is 1.47. The molecule has 0 amide bonds. The van der Waals surface area contributed by atoms with Gasteiger partial charge in [-0.3, -0.25) is 9.48 Å². The standard InChI is InChI=1S/C11H18N2O2/c1-5-13-10(6-9(4)12-13)7-11(14)15-8(2)3/h6,8H,5,7H2,1-4H3. The summed E-state index contributed by atoms with van der Waals surface area (Å²) >= 11 is 0. The van der Waals surface area contributed by atoms with Crippen molar-refractivity contribution in [3.63, 3.8) is 0 Å². The number of carbonyl (C=O) groups excluding carboxylic acids is 1. The molecule has 0 unspecified atom stereocenters. The van der Waals surface area contributed by atoms with Crippen LogP contribution < -0.4 is 0 Å². The van der Waals surface area contributed by atoms with Crippen molar-refractivity contribution in [1.29, 1.82) is 0 Å².